The van der Waals surface area contributed by atoms with E-state index in [1.807, 2.05) is 54.7 Å². The van der Waals surface area contributed by atoms with E-state index in [2.05, 4.69) is 10.1 Å². The van der Waals surface area contributed by atoms with Crippen molar-refractivity contribution < 1.29 is 14.0 Å². The number of H-pyrrole nitrogens is 1. The van der Waals surface area contributed by atoms with E-state index in [1.54, 1.807) is 23.1 Å². The normalized spacial score (nSPS) is 21.6. The molecule has 3 heterocycles. The molecule has 6 rings (SSSR count). The molecule has 3 atom stereocenters. The Morgan fingerprint density at radius 1 is 1.03 bits per heavy atom. The standard InChI is InChI=1S/C28H22ClFN4O2/c1-16(35)34-25(18-9-2-5-11-21(18)30)14-23(32-34)19-10-4-7-13-24(19)33-27(26(29)28(33)36)20-15-31-22-12-6-3-8-17(20)22/h2-13,15,25-27,31H,14H2,1H3. The van der Waals surface area contributed by atoms with Crippen molar-refractivity contribution in [2.24, 2.45) is 5.10 Å². The van der Waals surface area contributed by atoms with Gasteiger partial charge in [0.2, 0.25) is 11.8 Å². The second-order valence-electron chi connectivity index (χ2n) is 9.01. The van der Waals surface area contributed by atoms with Crippen LogP contribution in [0.15, 0.2) is 84.1 Å². The highest BCUT2D eigenvalue weighted by molar-refractivity contribution is 6.38. The number of β-lactam (4-membered cyclic amide) rings is 1. The minimum Gasteiger partial charge on any atom is -0.361 e. The largest absolute Gasteiger partial charge is 0.361 e. The second kappa shape index (κ2) is 8.60. The summed E-state index contributed by atoms with van der Waals surface area (Å²) in [6, 6.07) is 20.8. The molecule has 4 aromatic rings. The van der Waals surface area contributed by atoms with Gasteiger partial charge in [0, 0.05) is 47.1 Å². The summed E-state index contributed by atoms with van der Waals surface area (Å²) in [5, 5.41) is 6.22. The Morgan fingerprint density at radius 2 is 1.75 bits per heavy atom. The number of anilines is 1. The molecule has 8 heteroatoms. The molecule has 3 unspecified atom stereocenters. The predicted octanol–water partition coefficient (Wildman–Crippen LogP) is 5.70. The van der Waals surface area contributed by atoms with Gasteiger partial charge in [-0.15, -0.1) is 11.6 Å². The number of amides is 2. The van der Waals surface area contributed by atoms with Gasteiger partial charge in [-0.1, -0.05) is 54.6 Å². The van der Waals surface area contributed by atoms with Gasteiger partial charge in [0.1, 0.15) is 11.2 Å². The van der Waals surface area contributed by atoms with Crippen molar-refractivity contribution in [3.8, 4) is 0 Å². The predicted molar refractivity (Wildman–Crippen MR) is 137 cm³/mol. The Bertz CT molecular complexity index is 1550. The first-order valence-electron chi connectivity index (χ1n) is 11.7. The molecule has 0 bridgehead atoms. The first kappa shape index (κ1) is 22.5. The number of aromatic nitrogens is 1. The van der Waals surface area contributed by atoms with Crippen molar-refractivity contribution in [3.63, 3.8) is 0 Å². The van der Waals surface area contributed by atoms with Crippen LogP contribution in [0.25, 0.3) is 10.9 Å². The Hall–Kier alpha value is -3.97. The zero-order valence-electron chi connectivity index (χ0n) is 19.4. The van der Waals surface area contributed by atoms with E-state index in [4.69, 9.17) is 11.6 Å². The first-order chi connectivity index (χ1) is 17.5. The van der Waals surface area contributed by atoms with Crippen LogP contribution >= 0.6 is 11.6 Å². The van der Waals surface area contributed by atoms with Gasteiger partial charge in [0.05, 0.1) is 23.5 Å². The third-order valence-electron chi connectivity index (χ3n) is 6.94. The molecule has 1 N–H and O–H groups in total. The maximum Gasteiger partial charge on any atom is 0.248 e. The lowest BCUT2D eigenvalue weighted by molar-refractivity contribution is -0.130. The van der Waals surface area contributed by atoms with Crippen molar-refractivity contribution in [2.45, 2.75) is 30.8 Å². The van der Waals surface area contributed by atoms with E-state index in [0.717, 1.165) is 16.5 Å². The lowest BCUT2D eigenvalue weighted by atomic mass is 9.90. The number of hydrazone groups is 1. The molecule has 1 saturated heterocycles. The van der Waals surface area contributed by atoms with Crippen LogP contribution in [0, 0.1) is 5.82 Å². The van der Waals surface area contributed by atoms with Crippen LogP contribution < -0.4 is 4.90 Å². The third-order valence-corrected chi connectivity index (χ3v) is 7.37. The summed E-state index contributed by atoms with van der Waals surface area (Å²) in [7, 11) is 0. The maximum atomic E-state index is 14.6. The SMILES string of the molecule is CC(=O)N1N=C(c2ccccc2N2C(=O)C(Cl)C2c2c[nH]c3ccccc23)CC1c1ccccc1F. The smallest absolute Gasteiger partial charge is 0.248 e. The molecule has 36 heavy (non-hydrogen) atoms. The Balaban J connectivity index is 1.41. The molecular formula is C28H22ClFN4O2. The van der Waals surface area contributed by atoms with Gasteiger partial charge in [-0.2, -0.15) is 5.10 Å². The minimum atomic E-state index is -0.706. The summed E-state index contributed by atoms with van der Waals surface area (Å²) in [5.41, 5.74) is 4.28. The number of fused-ring (bicyclic) bond motifs is 1. The third kappa shape index (κ3) is 3.42. The van der Waals surface area contributed by atoms with E-state index in [9.17, 15) is 14.0 Å². The van der Waals surface area contributed by atoms with E-state index in [0.29, 0.717) is 28.9 Å². The van der Waals surface area contributed by atoms with E-state index >= 15 is 0 Å². The number of nitrogens with one attached hydrogen (secondary N) is 1. The molecule has 2 aliphatic heterocycles. The van der Waals surface area contributed by atoms with E-state index in [-0.39, 0.29) is 23.7 Å². The van der Waals surface area contributed by atoms with Crippen LogP contribution in [0.3, 0.4) is 0 Å². The molecule has 6 nitrogen and oxygen atoms in total. The molecule has 2 amide bonds. The topological polar surface area (TPSA) is 68.8 Å². The Labute approximate surface area is 212 Å². The number of carbonyl (C=O) groups excluding carboxylic acids is 2. The number of nitrogens with zero attached hydrogens (tertiary/aromatic N) is 3. The number of hydrogen-bond donors (Lipinski definition) is 1. The van der Waals surface area contributed by atoms with Gasteiger partial charge in [0.25, 0.3) is 0 Å². The number of carbonyl (C=O) groups is 2. The first-order valence-corrected chi connectivity index (χ1v) is 12.1. The van der Waals surface area contributed by atoms with Gasteiger partial charge in [-0.3, -0.25) is 9.59 Å². The quantitative estimate of drug-likeness (QED) is 0.288. The molecule has 0 saturated carbocycles. The molecule has 1 fully saturated rings. The van der Waals surface area contributed by atoms with E-state index in [1.165, 1.54) is 18.0 Å². The highest BCUT2D eigenvalue weighted by Gasteiger charge is 2.50. The number of hydrogen-bond acceptors (Lipinski definition) is 3. The number of aromatic amines is 1. The number of alkyl halides is 1. The number of rotatable bonds is 4. The number of halogens is 2. The molecule has 0 radical (unpaired) electrons. The fraction of sp³-hybridized carbons (Fsp3) is 0.179. The van der Waals surface area contributed by atoms with Crippen molar-refractivity contribution >= 4 is 45.7 Å². The van der Waals surface area contributed by atoms with Crippen LogP contribution in [-0.2, 0) is 9.59 Å². The maximum absolute atomic E-state index is 14.6. The summed E-state index contributed by atoms with van der Waals surface area (Å²) < 4.78 is 14.6. The van der Waals surface area contributed by atoms with E-state index < -0.39 is 11.4 Å². The fourth-order valence-corrected chi connectivity index (χ4v) is 5.59. The molecule has 3 aromatic carbocycles. The molecule has 0 spiro atoms. The lowest BCUT2D eigenvalue weighted by Crippen LogP contribution is -2.56. The summed E-state index contributed by atoms with van der Waals surface area (Å²) in [6.07, 6.45) is 2.22. The van der Waals surface area contributed by atoms with Crippen LogP contribution in [0.5, 0.6) is 0 Å². The van der Waals surface area contributed by atoms with Crippen molar-refractivity contribution in [1.29, 1.82) is 0 Å². The van der Waals surface area contributed by atoms with Crippen LogP contribution in [-0.4, -0.2) is 32.9 Å². The Kier molecular flexibility index (Phi) is 5.38. The summed E-state index contributed by atoms with van der Waals surface area (Å²) in [6.45, 7) is 1.41. The van der Waals surface area contributed by atoms with Crippen LogP contribution in [0.4, 0.5) is 10.1 Å². The fourth-order valence-electron chi connectivity index (χ4n) is 5.24. The monoisotopic (exact) mass is 500 g/mol. The van der Waals surface area contributed by atoms with Crippen LogP contribution in [0.1, 0.15) is 42.1 Å². The van der Waals surface area contributed by atoms with Gasteiger partial charge < -0.3 is 9.88 Å². The van der Waals surface area contributed by atoms with Crippen molar-refractivity contribution in [2.75, 3.05) is 4.90 Å². The summed E-state index contributed by atoms with van der Waals surface area (Å²) >= 11 is 6.57. The highest BCUT2D eigenvalue weighted by Crippen LogP contribution is 2.46. The number of benzene rings is 3. The minimum absolute atomic E-state index is 0.202. The average molecular weight is 501 g/mol. The summed E-state index contributed by atoms with van der Waals surface area (Å²) in [5.74, 6) is -0.874. The lowest BCUT2D eigenvalue weighted by Gasteiger charge is -2.45. The molecule has 1 aromatic heterocycles. The Morgan fingerprint density at radius 3 is 2.56 bits per heavy atom. The summed E-state index contributed by atoms with van der Waals surface area (Å²) in [4.78, 5) is 30.5. The molecular weight excluding hydrogens is 479 g/mol. The molecule has 0 aliphatic carbocycles. The number of para-hydroxylation sites is 2. The van der Waals surface area contributed by atoms with Gasteiger partial charge in [0.15, 0.2) is 0 Å². The van der Waals surface area contributed by atoms with Crippen LogP contribution in [0.2, 0.25) is 0 Å². The molecule has 2 aliphatic rings. The zero-order chi connectivity index (χ0) is 25.0. The van der Waals surface area contributed by atoms with Crippen molar-refractivity contribution in [1.82, 2.24) is 9.99 Å². The average Bonchev–Trinajstić information content (AvgIpc) is 3.52. The van der Waals surface area contributed by atoms with Gasteiger partial charge in [-0.05, 0) is 18.2 Å². The molecule has 180 valence electrons. The van der Waals surface area contributed by atoms with Crippen molar-refractivity contribution in [3.05, 3.63) is 102 Å². The van der Waals surface area contributed by atoms with Gasteiger partial charge in [-0.25, -0.2) is 9.40 Å². The zero-order valence-corrected chi connectivity index (χ0v) is 20.1. The second-order valence-corrected chi connectivity index (χ2v) is 9.48. The highest BCUT2D eigenvalue weighted by atomic mass is 35.5. The van der Waals surface area contributed by atoms with Gasteiger partial charge >= 0.3 is 0 Å².